The second-order valence-corrected chi connectivity index (χ2v) is 5.49. The van der Waals surface area contributed by atoms with Crippen molar-refractivity contribution in [3.05, 3.63) is 35.4 Å². The first-order chi connectivity index (χ1) is 10.2. The maximum Gasteiger partial charge on any atom is 0.260 e. The molecule has 0 saturated heterocycles. The molecule has 0 aromatic heterocycles. The van der Waals surface area contributed by atoms with Gasteiger partial charge in [0, 0.05) is 12.1 Å². The number of carbonyl (C=O) groups excluding carboxylic acids is 2. The van der Waals surface area contributed by atoms with Crippen LogP contribution in [0.4, 0.5) is 5.69 Å². The van der Waals surface area contributed by atoms with Crippen molar-refractivity contribution in [1.29, 1.82) is 5.26 Å². The van der Waals surface area contributed by atoms with E-state index in [-0.39, 0.29) is 23.1 Å². The fraction of sp³-hybridized carbons (Fsp3) is 0.200. The number of carbonyl (C=O) groups is 2. The van der Waals surface area contributed by atoms with Crippen molar-refractivity contribution in [3.8, 4) is 6.07 Å². The van der Waals surface area contributed by atoms with Gasteiger partial charge in [0.15, 0.2) is 0 Å². The number of nitrogens with zero attached hydrogens (tertiary/aromatic N) is 3. The average molecular weight is 297 g/mol. The molecule has 0 spiro atoms. The van der Waals surface area contributed by atoms with E-state index in [9.17, 15) is 14.9 Å². The molecule has 2 amide bonds. The van der Waals surface area contributed by atoms with Crippen molar-refractivity contribution in [2.24, 2.45) is 4.99 Å². The summed E-state index contributed by atoms with van der Waals surface area (Å²) >= 11 is 1.20. The Kier molecular flexibility index (Phi) is 3.35. The van der Waals surface area contributed by atoms with E-state index >= 15 is 0 Å². The molecule has 0 fully saturated rings. The van der Waals surface area contributed by atoms with Crippen LogP contribution in [0.1, 0.15) is 12.5 Å². The number of nitriles is 1. The molecule has 3 rings (SSSR count). The lowest BCUT2D eigenvalue weighted by molar-refractivity contribution is -0.115. The lowest BCUT2D eigenvalue weighted by Gasteiger charge is -2.13. The summed E-state index contributed by atoms with van der Waals surface area (Å²) in [5.74, 6) is -0.256. The molecule has 0 bridgehead atoms. The van der Waals surface area contributed by atoms with Crippen LogP contribution in [0.2, 0.25) is 0 Å². The van der Waals surface area contributed by atoms with E-state index in [1.807, 2.05) is 31.2 Å². The molecule has 2 heterocycles. The fourth-order valence-corrected chi connectivity index (χ4v) is 3.27. The van der Waals surface area contributed by atoms with Crippen LogP contribution in [0.25, 0.3) is 5.57 Å². The number of hydrogen-bond donors (Lipinski definition) is 0. The van der Waals surface area contributed by atoms with Crippen molar-refractivity contribution in [3.63, 3.8) is 0 Å². The summed E-state index contributed by atoms with van der Waals surface area (Å²) in [6.07, 6.45) is 0. The van der Waals surface area contributed by atoms with Crippen LogP contribution in [-0.2, 0) is 9.59 Å². The number of likely N-dealkylation sites (N-methyl/N-ethyl adjacent to an activating group) is 1. The van der Waals surface area contributed by atoms with Crippen LogP contribution in [-0.4, -0.2) is 29.2 Å². The Morgan fingerprint density at radius 2 is 2.19 bits per heavy atom. The van der Waals surface area contributed by atoms with Crippen LogP contribution >= 0.6 is 11.8 Å². The Morgan fingerprint density at radius 3 is 2.81 bits per heavy atom. The van der Waals surface area contributed by atoms with E-state index < -0.39 is 0 Å². The molecule has 104 valence electrons. The van der Waals surface area contributed by atoms with E-state index in [0.29, 0.717) is 17.2 Å². The molecule has 1 aromatic carbocycles. The minimum atomic E-state index is -0.269. The van der Waals surface area contributed by atoms with Gasteiger partial charge in [0.25, 0.3) is 11.8 Å². The van der Waals surface area contributed by atoms with E-state index in [1.54, 1.807) is 4.90 Å². The highest BCUT2D eigenvalue weighted by molar-refractivity contribution is 8.15. The maximum absolute atomic E-state index is 12.6. The summed E-state index contributed by atoms with van der Waals surface area (Å²) in [6, 6.07) is 9.41. The van der Waals surface area contributed by atoms with Gasteiger partial charge >= 0.3 is 0 Å². The van der Waals surface area contributed by atoms with Gasteiger partial charge in [-0.3, -0.25) is 9.59 Å². The van der Waals surface area contributed by atoms with E-state index in [0.717, 1.165) is 11.3 Å². The second-order valence-electron chi connectivity index (χ2n) is 4.53. The number of benzene rings is 1. The van der Waals surface area contributed by atoms with Gasteiger partial charge in [0.2, 0.25) is 0 Å². The van der Waals surface area contributed by atoms with E-state index in [4.69, 9.17) is 0 Å². The first-order valence-corrected chi connectivity index (χ1v) is 7.46. The third-order valence-corrected chi connectivity index (χ3v) is 4.33. The summed E-state index contributed by atoms with van der Waals surface area (Å²) in [5, 5.41) is 9.80. The van der Waals surface area contributed by atoms with Crippen LogP contribution in [0.3, 0.4) is 0 Å². The zero-order chi connectivity index (χ0) is 15.0. The Bertz CT molecular complexity index is 758. The number of aliphatic imine (C=N–C) groups is 1. The molecular formula is C15H11N3O2S. The lowest BCUT2D eigenvalue weighted by atomic mass is 10.0. The molecule has 0 aliphatic carbocycles. The predicted octanol–water partition coefficient (Wildman–Crippen LogP) is 2.00. The molecule has 2 aliphatic heterocycles. The first-order valence-electron chi connectivity index (χ1n) is 6.47. The topological polar surface area (TPSA) is 73.5 Å². The Balaban J connectivity index is 2.24. The summed E-state index contributed by atoms with van der Waals surface area (Å²) < 4.78 is 0. The highest BCUT2D eigenvalue weighted by Crippen LogP contribution is 2.39. The number of anilines is 1. The number of rotatable bonds is 2. The van der Waals surface area contributed by atoms with Crippen LogP contribution in [0.5, 0.6) is 0 Å². The Hall–Kier alpha value is -2.39. The number of hydrogen-bond acceptors (Lipinski definition) is 4. The molecule has 0 unspecified atom stereocenters. The normalized spacial score (nSPS) is 19.4. The molecule has 0 saturated carbocycles. The standard InChI is InChI=1S/C15H11N3O2S/c1-2-18-11-6-4-3-5-9(11)13(15(18)20)10(7-16)14-17-12(19)8-21-14/h3-6H,2,8H2,1H3. The predicted molar refractivity (Wildman–Crippen MR) is 81.9 cm³/mol. The average Bonchev–Trinajstić information content (AvgIpc) is 3.03. The minimum Gasteiger partial charge on any atom is -0.308 e. The van der Waals surface area contributed by atoms with Gasteiger partial charge in [-0.2, -0.15) is 5.26 Å². The molecule has 6 heteroatoms. The molecule has 5 nitrogen and oxygen atoms in total. The van der Waals surface area contributed by atoms with Crippen molar-refractivity contribution < 1.29 is 9.59 Å². The van der Waals surface area contributed by atoms with Gasteiger partial charge in [0.05, 0.1) is 22.6 Å². The summed E-state index contributed by atoms with van der Waals surface area (Å²) in [4.78, 5) is 29.4. The highest BCUT2D eigenvalue weighted by atomic mass is 32.2. The Labute approximate surface area is 126 Å². The quantitative estimate of drug-likeness (QED) is 0.618. The van der Waals surface area contributed by atoms with Gasteiger partial charge in [-0.15, -0.1) is 0 Å². The number of fused-ring (bicyclic) bond motifs is 1. The maximum atomic E-state index is 12.6. The zero-order valence-corrected chi connectivity index (χ0v) is 12.1. The molecular weight excluding hydrogens is 286 g/mol. The largest absolute Gasteiger partial charge is 0.308 e. The summed E-state index contributed by atoms with van der Waals surface area (Å²) in [6.45, 7) is 2.41. The van der Waals surface area contributed by atoms with Crippen molar-refractivity contribution in [1.82, 2.24) is 0 Å². The van der Waals surface area contributed by atoms with Gasteiger partial charge in [0.1, 0.15) is 11.1 Å². The van der Waals surface area contributed by atoms with Crippen molar-refractivity contribution >= 4 is 39.9 Å². The summed E-state index contributed by atoms with van der Waals surface area (Å²) in [5.41, 5.74) is 2.06. The first kappa shape index (κ1) is 13.6. The van der Waals surface area contributed by atoms with Gasteiger partial charge in [-0.1, -0.05) is 30.0 Å². The third kappa shape index (κ3) is 2.06. The van der Waals surface area contributed by atoms with Crippen molar-refractivity contribution in [2.45, 2.75) is 6.92 Å². The number of para-hydroxylation sites is 1. The molecule has 2 aliphatic rings. The van der Waals surface area contributed by atoms with Crippen LogP contribution < -0.4 is 4.90 Å². The third-order valence-electron chi connectivity index (χ3n) is 3.37. The molecule has 0 N–H and O–H groups in total. The molecule has 21 heavy (non-hydrogen) atoms. The zero-order valence-electron chi connectivity index (χ0n) is 11.3. The number of amides is 2. The van der Waals surface area contributed by atoms with Crippen LogP contribution in [0, 0.1) is 11.3 Å². The van der Waals surface area contributed by atoms with Gasteiger partial charge < -0.3 is 4.90 Å². The van der Waals surface area contributed by atoms with Gasteiger partial charge in [-0.25, -0.2) is 4.99 Å². The fourth-order valence-electron chi connectivity index (χ4n) is 2.48. The van der Waals surface area contributed by atoms with E-state index in [2.05, 4.69) is 11.1 Å². The number of thioether (sulfide) groups is 1. The molecule has 0 atom stereocenters. The van der Waals surface area contributed by atoms with Crippen LogP contribution in [0.15, 0.2) is 34.8 Å². The highest BCUT2D eigenvalue weighted by Gasteiger charge is 2.35. The van der Waals surface area contributed by atoms with Gasteiger partial charge in [-0.05, 0) is 13.0 Å². The Morgan fingerprint density at radius 1 is 1.43 bits per heavy atom. The molecule has 0 radical (unpaired) electrons. The lowest BCUT2D eigenvalue weighted by Crippen LogP contribution is -2.26. The monoisotopic (exact) mass is 297 g/mol. The summed E-state index contributed by atoms with van der Waals surface area (Å²) in [7, 11) is 0. The van der Waals surface area contributed by atoms with Crippen molar-refractivity contribution in [2.75, 3.05) is 17.2 Å². The molecule has 1 aromatic rings. The smallest absolute Gasteiger partial charge is 0.260 e. The SMILES string of the molecule is CCN1C(=O)C(=C(C#N)C2=NC(=O)CS2)c2ccccc21. The second kappa shape index (κ2) is 5.19. The minimum absolute atomic E-state index is 0.194. The van der Waals surface area contributed by atoms with E-state index in [1.165, 1.54) is 11.8 Å².